The summed E-state index contributed by atoms with van der Waals surface area (Å²) in [4.78, 5) is 19.2. The molecule has 7 heteroatoms. The van der Waals surface area contributed by atoms with Crippen LogP contribution in [0.3, 0.4) is 0 Å². The van der Waals surface area contributed by atoms with Crippen molar-refractivity contribution >= 4 is 11.9 Å². The van der Waals surface area contributed by atoms with Crippen molar-refractivity contribution in [2.24, 2.45) is 5.92 Å². The fourth-order valence-electron chi connectivity index (χ4n) is 2.70. The molecular weight excluding hydrogens is 254 g/mol. The van der Waals surface area contributed by atoms with Crippen molar-refractivity contribution in [1.29, 1.82) is 0 Å². The summed E-state index contributed by atoms with van der Waals surface area (Å²) in [5.74, 6) is 2.15. The van der Waals surface area contributed by atoms with Crippen LogP contribution in [0.25, 0.3) is 5.95 Å². The maximum Gasteiger partial charge on any atom is 0.241 e. The number of hydrogen-bond acceptors (Lipinski definition) is 6. The Kier molecular flexibility index (Phi) is 3.25. The predicted molar refractivity (Wildman–Crippen MR) is 76.6 cm³/mol. The molecule has 3 rings (SSSR count). The normalized spacial score (nSPS) is 23.0. The number of piperidine rings is 1. The van der Waals surface area contributed by atoms with Crippen LogP contribution in [-0.2, 0) is 0 Å². The van der Waals surface area contributed by atoms with E-state index >= 15 is 0 Å². The van der Waals surface area contributed by atoms with E-state index in [1.54, 1.807) is 23.3 Å². The van der Waals surface area contributed by atoms with E-state index in [0.717, 1.165) is 25.3 Å². The maximum atomic E-state index is 5.82. The number of imidazole rings is 1. The minimum absolute atomic E-state index is 0.240. The van der Waals surface area contributed by atoms with E-state index in [4.69, 9.17) is 5.73 Å². The van der Waals surface area contributed by atoms with Gasteiger partial charge in [0.15, 0.2) is 0 Å². The van der Waals surface area contributed by atoms with Crippen LogP contribution in [0.1, 0.15) is 26.7 Å². The van der Waals surface area contributed by atoms with E-state index in [-0.39, 0.29) is 5.95 Å². The van der Waals surface area contributed by atoms with E-state index < -0.39 is 0 Å². The highest BCUT2D eigenvalue weighted by molar-refractivity contribution is 5.39. The van der Waals surface area contributed by atoms with Gasteiger partial charge in [-0.05, 0) is 25.7 Å². The molecule has 2 unspecified atom stereocenters. The monoisotopic (exact) mass is 273 g/mol. The van der Waals surface area contributed by atoms with Crippen LogP contribution in [0.4, 0.5) is 11.9 Å². The zero-order valence-electron chi connectivity index (χ0n) is 11.8. The summed E-state index contributed by atoms with van der Waals surface area (Å²) in [6, 6.07) is 0.413. The largest absolute Gasteiger partial charge is 0.368 e. The predicted octanol–water partition coefficient (Wildman–Crippen LogP) is 1.26. The van der Waals surface area contributed by atoms with Crippen molar-refractivity contribution in [3.8, 4) is 5.95 Å². The molecule has 2 aromatic rings. The van der Waals surface area contributed by atoms with Gasteiger partial charge < -0.3 is 10.6 Å². The molecule has 0 aliphatic carbocycles. The first-order valence-corrected chi connectivity index (χ1v) is 6.90. The Morgan fingerprint density at radius 3 is 2.70 bits per heavy atom. The third-order valence-electron chi connectivity index (χ3n) is 3.76. The summed E-state index contributed by atoms with van der Waals surface area (Å²) in [7, 11) is 0. The second-order valence-corrected chi connectivity index (χ2v) is 5.44. The number of hydrogen-bond donors (Lipinski definition) is 1. The Hall–Kier alpha value is -2.18. The third-order valence-corrected chi connectivity index (χ3v) is 3.76. The van der Waals surface area contributed by atoms with Crippen molar-refractivity contribution in [1.82, 2.24) is 24.5 Å². The molecule has 0 saturated carbocycles. The zero-order valence-corrected chi connectivity index (χ0v) is 11.8. The van der Waals surface area contributed by atoms with Gasteiger partial charge in [0.1, 0.15) is 6.33 Å². The molecule has 1 aliphatic heterocycles. The SMILES string of the molecule is CC1CCN(c2nc(N)nc(-n3ccnc3)n2)C(C)C1. The average molecular weight is 273 g/mol. The Bertz CT molecular complexity index is 580. The van der Waals surface area contributed by atoms with Crippen molar-refractivity contribution in [2.45, 2.75) is 32.7 Å². The fraction of sp³-hybridized carbons (Fsp3) is 0.538. The van der Waals surface area contributed by atoms with Crippen LogP contribution in [-0.4, -0.2) is 37.1 Å². The third kappa shape index (κ3) is 2.43. The van der Waals surface area contributed by atoms with Crippen LogP contribution in [0, 0.1) is 5.92 Å². The molecule has 106 valence electrons. The van der Waals surface area contributed by atoms with Gasteiger partial charge in [-0.2, -0.15) is 15.0 Å². The van der Waals surface area contributed by atoms with E-state index in [1.807, 2.05) is 0 Å². The number of nitrogen functional groups attached to an aromatic ring is 1. The van der Waals surface area contributed by atoms with Gasteiger partial charge in [-0.3, -0.25) is 4.57 Å². The highest BCUT2D eigenvalue weighted by Gasteiger charge is 2.25. The first-order chi connectivity index (χ1) is 9.63. The van der Waals surface area contributed by atoms with Gasteiger partial charge in [-0.15, -0.1) is 0 Å². The lowest BCUT2D eigenvalue weighted by molar-refractivity contribution is 0.373. The minimum Gasteiger partial charge on any atom is -0.368 e. The topological polar surface area (TPSA) is 85.8 Å². The Labute approximate surface area is 117 Å². The molecule has 7 nitrogen and oxygen atoms in total. The molecule has 0 radical (unpaired) electrons. The van der Waals surface area contributed by atoms with Crippen molar-refractivity contribution in [3.63, 3.8) is 0 Å². The van der Waals surface area contributed by atoms with Crippen LogP contribution >= 0.6 is 0 Å². The lowest BCUT2D eigenvalue weighted by Crippen LogP contribution is -2.41. The molecular formula is C13H19N7. The zero-order chi connectivity index (χ0) is 14.1. The second-order valence-electron chi connectivity index (χ2n) is 5.44. The molecule has 0 spiro atoms. The van der Waals surface area contributed by atoms with Crippen molar-refractivity contribution < 1.29 is 0 Å². The Morgan fingerprint density at radius 2 is 2.00 bits per heavy atom. The number of rotatable bonds is 2. The quantitative estimate of drug-likeness (QED) is 0.886. The summed E-state index contributed by atoms with van der Waals surface area (Å²) in [6.45, 7) is 5.44. The molecule has 2 atom stereocenters. The van der Waals surface area contributed by atoms with Crippen LogP contribution in [0.15, 0.2) is 18.7 Å². The summed E-state index contributed by atoms with van der Waals surface area (Å²) in [6.07, 6.45) is 7.42. The van der Waals surface area contributed by atoms with Crippen LogP contribution in [0.2, 0.25) is 0 Å². The van der Waals surface area contributed by atoms with Gasteiger partial charge in [-0.1, -0.05) is 6.92 Å². The minimum atomic E-state index is 0.240. The number of nitrogens with zero attached hydrogens (tertiary/aromatic N) is 6. The summed E-state index contributed by atoms with van der Waals surface area (Å²) < 4.78 is 1.73. The number of anilines is 2. The molecule has 0 amide bonds. The van der Waals surface area contributed by atoms with Gasteiger partial charge in [-0.25, -0.2) is 4.98 Å². The maximum absolute atomic E-state index is 5.82. The molecule has 0 aromatic carbocycles. The van der Waals surface area contributed by atoms with E-state index in [2.05, 4.69) is 38.7 Å². The van der Waals surface area contributed by atoms with Crippen molar-refractivity contribution in [3.05, 3.63) is 18.7 Å². The van der Waals surface area contributed by atoms with Crippen molar-refractivity contribution in [2.75, 3.05) is 17.2 Å². The second kappa shape index (κ2) is 5.07. The summed E-state index contributed by atoms with van der Waals surface area (Å²) >= 11 is 0. The molecule has 2 N–H and O–H groups in total. The average Bonchev–Trinajstić information content (AvgIpc) is 2.91. The lowest BCUT2D eigenvalue weighted by atomic mass is 9.94. The number of nitrogens with two attached hydrogens (primary N) is 1. The van der Waals surface area contributed by atoms with Gasteiger partial charge in [0.25, 0.3) is 0 Å². The molecule has 3 heterocycles. The fourth-order valence-corrected chi connectivity index (χ4v) is 2.70. The van der Waals surface area contributed by atoms with Gasteiger partial charge >= 0.3 is 0 Å². The summed E-state index contributed by atoms with van der Waals surface area (Å²) in [5.41, 5.74) is 5.82. The van der Waals surface area contributed by atoms with Gasteiger partial charge in [0.2, 0.25) is 17.8 Å². The highest BCUT2D eigenvalue weighted by atomic mass is 15.3. The number of aromatic nitrogens is 5. The lowest BCUT2D eigenvalue weighted by Gasteiger charge is -2.36. The Morgan fingerprint density at radius 1 is 1.20 bits per heavy atom. The molecule has 2 aromatic heterocycles. The van der Waals surface area contributed by atoms with E-state index in [0.29, 0.717) is 17.9 Å². The molecule has 20 heavy (non-hydrogen) atoms. The first kappa shape index (κ1) is 12.8. The van der Waals surface area contributed by atoms with Gasteiger partial charge in [0.05, 0.1) is 0 Å². The first-order valence-electron chi connectivity index (χ1n) is 6.90. The molecule has 1 fully saturated rings. The smallest absolute Gasteiger partial charge is 0.241 e. The van der Waals surface area contributed by atoms with Gasteiger partial charge in [0, 0.05) is 25.0 Å². The summed E-state index contributed by atoms with van der Waals surface area (Å²) in [5, 5.41) is 0. The highest BCUT2D eigenvalue weighted by Crippen LogP contribution is 2.25. The van der Waals surface area contributed by atoms with E-state index in [9.17, 15) is 0 Å². The van der Waals surface area contributed by atoms with E-state index in [1.165, 1.54) is 0 Å². The Balaban J connectivity index is 1.94. The molecule has 1 aliphatic rings. The molecule has 0 bridgehead atoms. The molecule has 1 saturated heterocycles. The standard InChI is InChI=1S/C13H19N7/c1-9-3-5-20(10(2)7-9)13-17-11(14)16-12(18-13)19-6-4-15-8-19/h4,6,8-10H,3,5,7H2,1-2H3,(H2,14,16,17,18). The van der Waals surface area contributed by atoms with Crippen LogP contribution < -0.4 is 10.6 Å². The van der Waals surface area contributed by atoms with Crippen LogP contribution in [0.5, 0.6) is 0 Å².